The fraction of sp³-hybridized carbons (Fsp3) is 0.375. The first kappa shape index (κ1) is 14.3. The smallest absolute Gasteiger partial charge is 0.0702 e. The summed E-state index contributed by atoms with van der Waals surface area (Å²) in [4.78, 5) is 3.94. The van der Waals surface area contributed by atoms with Crippen molar-refractivity contribution in [3.8, 4) is 0 Å². The summed E-state index contributed by atoms with van der Waals surface area (Å²) in [5.41, 5.74) is 7.45. The Morgan fingerprint density at radius 2 is 1.95 bits per heavy atom. The minimum absolute atomic E-state index is 0.332. The molecular formula is C16H19BrN2S. The van der Waals surface area contributed by atoms with Gasteiger partial charge < -0.3 is 5.73 Å². The molecule has 4 heteroatoms. The van der Waals surface area contributed by atoms with Crippen molar-refractivity contribution in [2.24, 2.45) is 5.73 Å². The van der Waals surface area contributed by atoms with E-state index in [4.69, 9.17) is 5.73 Å². The van der Waals surface area contributed by atoms with Gasteiger partial charge in [-0.15, -0.1) is 11.3 Å². The molecule has 2 nitrogen and oxygen atoms in total. The first-order valence-electron chi connectivity index (χ1n) is 7.03. The fourth-order valence-corrected chi connectivity index (χ4v) is 4.17. The zero-order chi connectivity index (χ0) is 13.9. The second kappa shape index (κ2) is 6.39. The molecule has 2 N–H and O–H groups in total. The predicted octanol–water partition coefficient (Wildman–Crippen LogP) is 4.18. The Bertz CT molecular complexity index is 551. The van der Waals surface area contributed by atoms with Crippen LogP contribution in [0.2, 0.25) is 0 Å². The summed E-state index contributed by atoms with van der Waals surface area (Å²) >= 11 is 5.36. The van der Waals surface area contributed by atoms with Crippen LogP contribution in [0.1, 0.15) is 29.3 Å². The van der Waals surface area contributed by atoms with Gasteiger partial charge in [-0.2, -0.15) is 0 Å². The standard InChI is InChI=1S/C16H19BrN2S/c17-16-9-8-15(20-16)14(10-18)19(13-6-7-13)11-12-4-2-1-3-5-12/h1-5,8-9,13-14H,6-7,10-11,18H2. The van der Waals surface area contributed by atoms with E-state index in [0.29, 0.717) is 18.6 Å². The van der Waals surface area contributed by atoms with Gasteiger partial charge in [0.05, 0.1) is 9.83 Å². The van der Waals surface area contributed by atoms with Crippen molar-refractivity contribution in [1.29, 1.82) is 0 Å². The molecular weight excluding hydrogens is 332 g/mol. The van der Waals surface area contributed by atoms with Gasteiger partial charge in [0.2, 0.25) is 0 Å². The van der Waals surface area contributed by atoms with Crippen molar-refractivity contribution < 1.29 is 0 Å². The van der Waals surface area contributed by atoms with Gasteiger partial charge in [-0.1, -0.05) is 30.3 Å². The van der Waals surface area contributed by atoms with Crippen molar-refractivity contribution in [2.45, 2.75) is 31.5 Å². The van der Waals surface area contributed by atoms with Crippen LogP contribution in [-0.4, -0.2) is 17.5 Å². The Kier molecular flexibility index (Phi) is 4.56. The van der Waals surface area contributed by atoms with E-state index in [0.717, 1.165) is 6.54 Å². The molecule has 2 aromatic rings. The number of halogens is 1. The molecule has 1 unspecified atom stereocenters. The van der Waals surface area contributed by atoms with Crippen molar-refractivity contribution >= 4 is 27.3 Å². The Balaban J connectivity index is 1.81. The molecule has 1 atom stereocenters. The van der Waals surface area contributed by atoms with E-state index in [-0.39, 0.29) is 0 Å². The minimum atomic E-state index is 0.332. The maximum atomic E-state index is 6.08. The SMILES string of the molecule is NCC(c1ccc(Br)s1)N(Cc1ccccc1)C1CC1. The fourth-order valence-electron chi connectivity index (χ4n) is 2.62. The van der Waals surface area contributed by atoms with Gasteiger partial charge in [0.1, 0.15) is 0 Å². The summed E-state index contributed by atoms with van der Waals surface area (Å²) in [5.74, 6) is 0. The Morgan fingerprint density at radius 3 is 2.50 bits per heavy atom. The molecule has 0 radical (unpaired) electrons. The van der Waals surface area contributed by atoms with Crippen molar-refractivity contribution in [3.63, 3.8) is 0 Å². The van der Waals surface area contributed by atoms with E-state index < -0.39 is 0 Å². The van der Waals surface area contributed by atoms with Gasteiger partial charge >= 0.3 is 0 Å². The maximum absolute atomic E-state index is 6.08. The molecule has 1 fully saturated rings. The van der Waals surface area contributed by atoms with Gasteiger partial charge in [0, 0.05) is 24.0 Å². The summed E-state index contributed by atoms with van der Waals surface area (Å²) < 4.78 is 1.18. The number of nitrogens with zero attached hydrogens (tertiary/aromatic N) is 1. The van der Waals surface area contributed by atoms with E-state index >= 15 is 0 Å². The van der Waals surface area contributed by atoms with Crippen LogP contribution in [0.3, 0.4) is 0 Å². The lowest BCUT2D eigenvalue weighted by Crippen LogP contribution is -2.34. The highest BCUT2D eigenvalue weighted by Gasteiger charge is 2.34. The molecule has 0 aliphatic heterocycles. The molecule has 0 spiro atoms. The lowest BCUT2D eigenvalue weighted by molar-refractivity contribution is 0.184. The number of nitrogens with two attached hydrogens (primary N) is 1. The van der Waals surface area contributed by atoms with Crippen LogP contribution in [0.15, 0.2) is 46.3 Å². The topological polar surface area (TPSA) is 29.3 Å². The predicted molar refractivity (Wildman–Crippen MR) is 88.8 cm³/mol. The van der Waals surface area contributed by atoms with E-state index in [1.807, 2.05) is 0 Å². The molecule has 1 heterocycles. The van der Waals surface area contributed by atoms with E-state index in [2.05, 4.69) is 63.3 Å². The number of benzene rings is 1. The van der Waals surface area contributed by atoms with Crippen LogP contribution >= 0.6 is 27.3 Å². The maximum Gasteiger partial charge on any atom is 0.0702 e. The monoisotopic (exact) mass is 350 g/mol. The van der Waals surface area contributed by atoms with Crippen LogP contribution in [0, 0.1) is 0 Å². The molecule has 0 amide bonds. The molecule has 1 aliphatic rings. The van der Waals surface area contributed by atoms with Crippen LogP contribution in [-0.2, 0) is 6.54 Å². The minimum Gasteiger partial charge on any atom is -0.329 e. The molecule has 0 bridgehead atoms. The average molecular weight is 351 g/mol. The highest BCUT2D eigenvalue weighted by molar-refractivity contribution is 9.11. The molecule has 1 aromatic carbocycles. The summed E-state index contributed by atoms with van der Waals surface area (Å²) in [7, 11) is 0. The second-order valence-electron chi connectivity index (χ2n) is 5.28. The molecule has 106 valence electrons. The Labute approximate surface area is 132 Å². The number of hydrogen-bond acceptors (Lipinski definition) is 3. The summed E-state index contributed by atoms with van der Waals surface area (Å²) in [5, 5.41) is 0. The van der Waals surface area contributed by atoms with Gasteiger partial charge in [0.25, 0.3) is 0 Å². The highest BCUT2D eigenvalue weighted by Crippen LogP contribution is 2.38. The summed E-state index contributed by atoms with van der Waals surface area (Å²) in [6, 6.07) is 16.0. The summed E-state index contributed by atoms with van der Waals surface area (Å²) in [6.07, 6.45) is 2.60. The number of hydrogen-bond donors (Lipinski definition) is 1. The van der Waals surface area contributed by atoms with Crippen LogP contribution < -0.4 is 5.73 Å². The Hall–Kier alpha value is -0.680. The average Bonchev–Trinajstić information content (AvgIpc) is 3.23. The zero-order valence-corrected chi connectivity index (χ0v) is 13.7. The third kappa shape index (κ3) is 3.31. The van der Waals surface area contributed by atoms with Gasteiger partial charge in [0.15, 0.2) is 0 Å². The molecule has 3 rings (SSSR count). The van der Waals surface area contributed by atoms with E-state index in [1.54, 1.807) is 11.3 Å². The molecule has 1 saturated carbocycles. The summed E-state index contributed by atoms with van der Waals surface area (Å²) in [6.45, 7) is 1.67. The quantitative estimate of drug-likeness (QED) is 0.846. The Morgan fingerprint density at radius 1 is 1.20 bits per heavy atom. The molecule has 1 aromatic heterocycles. The van der Waals surface area contributed by atoms with Crippen molar-refractivity contribution in [3.05, 3.63) is 56.7 Å². The highest BCUT2D eigenvalue weighted by atomic mass is 79.9. The third-order valence-corrected chi connectivity index (χ3v) is 5.49. The van der Waals surface area contributed by atoms with E-state index in [9.17, 15) is 0 Å². The molecule has 1 aliphatic carbocycles. The second-order valence-corrected chi connectivity index (χ2v) is 7.78. The number of thiophene rings is 1. The van der Waals surface area contributed by atoms with Gasteiger partial charge in [-0.3, -0.25) is 4.90 Å². The van der Waals surface area contributed by atoms with Gasteiger partial charge in [-0.25, -0.2) is 0 Å². The molecule has 20 heavy (non-hydrogen) atoms. The van der Waals surface area contributed by atoms with Crippen molar-refractivity contribution in [2.75, 3.05) is 6.54 Å². The normalized spacial score (nSPS) is 16.6. The van der Waals surface area contributed by atoms with Crippen molar-refractivity contribution in [1.82, 2.24) is 4.90 Å². The van der Waals surface area contributed by atoms with Crippen LogP contribution in [0.25, 0.3) is 0 Å². The van der Waals surface area contributed by atoms with Gasteiger partial charge in [-0.05, 0) is 46.5 Å². The third-order valence-electron chi connectivity index (χ3n) is 3.77. The first-order chi connectivity index (χ1) is 9.78. The zero-order valence-electron chi connectivity index (χ0n) is 11.3. The first-order valence-corrected chi connectivity index (χ1v) is 8.64. The largest absolute Gasteiger partial charge is 0.329 e. The molecule has 0 saturated heterocycles. The lowest BCUT2D eigenvalue weighted by atomic mass is 10.1. The van der Waals surface area contributed by atoms with Crippen LogP contribution in [0.4, 0.5) is 0 Å². The van der Waals surface area contributed by atoms with Crippen LogP contribution in [0.5, 0.6) is 0 Å². The van der Waals surface area contributed by atoms with E-state index in [1.165, 1.54) is 27.1 Å². The number of rotatable bonds is 6. The lowest BCUT2D eigenvalue weighted by Gasteiger charge is -2.30.